The molecule has 0 saturated heterocycles. The van der Waals surface area contributed by atoms with E-state index in [4.69, 9.17) is 0 Å². The Morgan fingerprint density at radius 1 is 1.00 bits per heavy atom. The summed E-state index contributed by atoms with van der Waals surface area (Å²) in [7, 11) is 0. The summed E-state index contributed by atoms with van der Waals surface area (Å²) in [5.41, 5.74) is 0. The van der Waals surface area contributed by atoms with E-state index in [1.807, 2.05) is 6.92 Å². The summed E-state index contributed by atoms with van der Waals surface area (Å²) in [6.07, 6.45) is 4.87. The molecule has 0 aromatic heterocycles. The van der Waals surface area contributed by atoms with Gasteiger partial charge in [-0.1, -0.05) is 33.6 Å². The number of aliphatic hydroxyl groups excluding tert-OH is 1. The fourth-order valence-electron chi connectivity index (χ4n) is 1.62. The number of aliphatic hydroxyl groups is 1. The third-order valence-electron chi connectivity index (χ3n) is 3.03. The van der Waals surface area contributed by atoms with Crippen LogP contribution in [-0.4, -0.2) is 35.7 Å². The van der Waals surface area contributed by atoms with E-state index in [0.717, 1.165) is 6.54 Å². The lowest BCUT2D eigenvalue weighted by atomic mass is 10.1. The van der Waals surface area contributed by atoms with Gasteiger partial charge in [-0.3, -0.25) is 0 Å². The Morgan fingerprint density at radius 2 is 1.47 bits per heavy atom. The average molecular weight is 215 g/mol. The van der Waals surface area contributed by atoms with E-state index in [0.29, 0.717) is 5.92 Å². The molecule has 2 unspecified atom stereocenters. The van der Waals surface area contributed by atoms with Crippen molar-refractivity contribution in [3.05, 3.63) is 0 Å². The second kappa shape index (κ2) is 9.17. The van der Waals surface area contributed by atoms with Gasteiger partial charge in [-0.2, -0.15) is 0 Å². The van der Waals surface area contributed by atoms with E-state index in [1.54, 1.807) is 0 Å². The summed E-state index contributed by atoms with van der Waals surface area (Å²) in [5, 5.41) is 9.49. The van der Waals surface area contributed by atoms with E-state index < -0.39 is 0 Å². The predicted octanol–water partition coefficient (Wildman–Crippen LogP) is 2.91. The minimum absolute atomic E-state index is 0.184. The standard InChI is InChI=1S/C13H29NO/c1-5-7-9-14(10-8-6-2)11-12(3)13(4)15/h12-13,15H,5-11H2,1-4H3. The summed E-state index contributed by atoms with van der Waals surface area (Å²) < 4.78 is 0. The Hall–Kier alpha value is -0.0800. The lowest BCUT2D eigenvalue weighted by molar-refractivity contribution is 0.101. The van der Waals surface area contributed by atoms with Crippen molar-refractivity contribution in [1.29, 1.82) is 0 Å². The van der Waals surface area contributed by atoms with E-state index in [1.165, 1.54) is 38.8 Å². The van der Waals surface area contributed by atoms with Crippen LogP contribution in [-0.2, 0) is 0 Å². The Balaban J connectivity index is 3.87. The van der Waals surface area contributed by atoms with Crippen LogP contribution in [0, 0.1) is 5.92 Å². The number of unbranched alkanes of at least 4 members (excludes halogenated alkanes) is 2. The van der Waals surface area contributed by atoms with E-state index in [-0.39, 0.29) is 6.10 Å². The summed E-state index contributed by atoms with van der Waals surface area (Å²) in [6, 6.07) is 0. The molecule has 0 amide bonds. The molecule has 0 aliphatic heterocycles. The van der Waals surface area contributed by atoms with Crippen LogP contribution >= 0.6 is 0 Å². The summed E-state index contributed by atoms with van der Waals surface area (Å²) >= 11 is 0. The molecule has 0 bridgehead atoms. The van der Waals surface area contributed by atoms with Crippen LogP contribution in [0.4, 0.5) is 0 Å². The highest BCUT2D eigenvalue weighted by atomic mass is 16.3. The first-order chi connectivity index (χ1) is 7.11. The van der Waals surface area contributed by atoms with Crippen molar-refractivity contribution in [3.8, 4) is 0 Å². The van der Waals surface area contributed by atoms with Gasteiger partial charge in [0.15, 0.2) is 0 Å². The van der Waals surface area contributed by atoms with Crippen LogP contribution in [0.5, 0.6) is 0 Å². The summed E-state index contributed by atoms with van der Waals surface area (Å²) in [6.45, 7) is 11.9. The second-order valence-electron chi connectivity index (χ2n) is 4.73. The van der Waals surface area contributed by atoms with E-state index >= 15 is 0 Å². The van der Waals surface area contributed by atoms with Gasteiger partial charge >= 0.3 is 0 Å². The molecule has 0 heterocycles. The molecule has 2 nitrogen and oxygen atoms in total. The van der Waals surface area contributed by atoms with Crippen LogP contribution in [0.1, 0.15) is 53.4 Å². The van der Waals surface area contributed by atoms with Crippen LogP contribution in [0.2, 0.25) is 0 Å². The number of hydrogen-bond acceptors (Lipinski definition) is 2. The molecule has 0 aliphatic rings. The molecule has 0 radical (unpaired) electrons. The van der Waals surface area contributed by atoms with Crippen LogP contribution in [0.15, 0.2) is 0 Å². The maximum atomic E-state index is 9.49. The molecule has 0 rings (SSSR count). The number of nitrogens with zero attached hydrogens (tertiary/aromatic N) is 1. The first kappa shape index (κ1) is 14.9. The van der Waals surface area contributed by atoms with Gasteiger partial charge in [-0.05, 0) is 38.8 Å². The first-order valence-electron chi connectivity index (χ1n) is 6.52. The smallest absolute Gasteiger partial charge is 0.0549 e. The van der Waals surface area contributed by atoms with Gasteiger partial charge in [0.05, 0.1) is 6.10 Å². The van der Waals surface area contributed by atoms with Crippen LogP contribution in [0.3, 0.4) is 0 Å². The lowest BCUT2D eigenvalue weighted by Crippen LogP contribution is -2.34. The highest BCUT2D eigenvalue weighted by Gasteiger charge is 2.13. The Morgan fingerprint density at radius 3 is 1.80 bits per heavy atom. The van der Waals surface area contributed by atoms with Crippen molar-refractivity contribution < 1.29 is 5.11 Å². The van der Waals surface area contributed by atoms with Crippen molar-refractivity contribution in [1.82, 2.24) is 4.90 Å². The predicted molar refractivity (Wildman–Crippen MR) is 67.1 cm³/mol. The molecule has 0 spiro atoms. The molecule has 0 aromatic rings. The third-order valence-corrected chi connectivity index (χ3v) is 3.03. The molecular weight excluding hydrogens is 186 g/mol. The molecule has 0 saturated carbocycles. The van der Waals surface area contributed by atoms with Gasteiger partial charge in [-0.25, -0.2) is 0 Å². The zero-order chi connectivity index (χ0) is 11.7. The zero-order valence-electron chi connectivity index (χ0n) is 11.0. The van der Waals surface area contributed by atoms with Crippen molar-refractivity contribution in [3.63, 3.8) is 0 Å². The minimum Gasteiger partial charge on any atom is -0.393 e. The molecule has 2 heteroatoms. The van der Waals surface area contributed by atoms with Crippen molar-refractivity contribution in [2.24, 2.45) is 5.92 Å². The monoisotopic (exact) mass is 215 g/mol. The van der Waals surface area contributed by atoms with Gasteiger partial charge < -0.3 is 10.0 Å². The van der Waals surface area contributed by atoms with Crippen molar-refractivity contribution in [2.45, 2.75) is 59.5 Å². The molecule has 92 valence electrons. The molecule has 1 N–H and O–H groups in total. The van der Waals surface area contributed by atoms with E-state index in [2.05, 4.69) is 25.7 Å². The van der Waals surface area contributed by atoms with Gasteiger partial charge in [0, 0.05) is 6.54 Å². The SMILES string of the molecule is CCCCN(CCCC)CC(C)C(C)O. The first-order valence-corrected chi connectivity index (χ1v) is 6.52. The maximum absolute atomic E-state index is 9.49. The fraction of sp³-hybridized carbons (Fsp3) is 1.00. The normalized spacial score (nSPS) is 15.6. The summed E-state index contributed by atoms with van der Waals surface area (Å²) in [5.74, 6) is 0.388. The molecule has 0 fully saturated rings. The fourth-order valence-corrected chi connectivity index (χ4v) is 1.62. The highest BCUT2D eigenvalue weighted by molar-refractivity contribution is 4.66. The van der Waals surface area contributed by atoms with Gasteiger partial charge in [0.25, 0.3) is 0 Å². The number of hydrogen-bond donors (Lipinski definition) is 1. The highest BCUT2D eigenvalue weighted by Crippen LogP contribution is 2.07. The average Bonchev–Trinajstić information content (AvgIpc) is 2.21. The quantitative estimate of drug-likeness (QED) is 0.639. The van der Waals surface area contributed by atoms with E-state index in [9.17, 15) is 5.11 Å². The molecule has 0 aliphatic carbocycles. The maximum Gasteiger partial charge on any atom is 0.0549 e. The Labute approximate surface area is 95.7 Å². The third kappa shape index (κ3) is 7.80. The zero-order valence-corrected chi connectivity index (χ0v) is 11.0. The van der Waals surface area contributed by atoms with Crippen molar-refractivity contribution >= 4 is 0 Å². The minimum atomic E-state index is -0.184. The topological polar surface area (TPSA) is 23.5 Å². The second-order valence-corrected chi connectivity index (χ2v) is 4.73. The van der Waals surface area contributed by atoms with Gasteiger partial charge in [-0.15, -0.1) is 0 Å². The van der Waals surface area contributed by atoms with Crippen molar-refractivity contribution in [2.75, 3.05) is 19.6 Å². The van der Waals surface area contributed by atoms with Crippen LogP contribution in [0.25, 0.3) is 0 Å². The number of rotatable bonds is 9. The summed E-state index contributed by atoms with van der Waals surface area (Å²) in [4.78, 5) is 2.50. The largest absolute Gasteiger partial charge is 0.393 e. The molecular formula is C13H29NO. The molecule has 15 heavy (non-hydrogen) atoms. The molecule has 2 atom stereocenters. The molecule has 0 aromatic carbocycles. The van der Waals surface area contributed by atoms with Gasteiger partial charge in [0.2, 0.25) is 0 Å². The van der Waals surface area contributed by atoms with Crippen LogP contribution < -0.4 is 0 Å². The van der Waals surface area contributed by atoms with Gasteiger partial charge in [0.1, 0.15) is 0 Å². The Bertz CT molecular complexity index is 128. The lowest BCUT2D eigenvalue weighted by Gasteiger charge is -2.26. The Kier molecular flexibility index (Phi) is 9.12.